The van der Waals surface area contributed by atoms with Gasteiger partial charge in [0.25, 0.3) is 0 Å². The molecule has 0 saturated carbocycles. The van der Waals surface area contributed by atoms with Crippen LogP contribution in [0.5, 0.6) is 0 Å². The molecule has 3 nitrogen and oxygen atoms in total. The molecule has 0 fully saturated rings. The van der Waals surface area contributed by atoms with Crippen LogP contribution in [0, 0.1) is 0 Å². The molecule has 0 radical (unpaired) electrons. The molecule has 10 heavy (non-hydrogen) atoms. The quantitative estimate of drug-likeness (QED) is 0.558. The van der Waals surface area contributed by atoms with Gasteiger partial charge in [0.2, 0.25) is 0 Å². The number of hydrogen-bond donors (Lipinski definition) is 2. The maximum atomic E-state index is 10.7. The summed E-state index contributed by atoms with van der Waals surface area (Å²) in [7, 11) is 0. The summed E-state index contributed by atoms with van der Waals surface area (Å²) in [5.74, 6) is 0.128. The summed E-state index contributed by atoms with van der Waals surface area (Å²) in [6, 6.07) is 0. The van der Waals surface area contributed by atoms with E-state index in [0.717, 1.165) is 0 Å². The standard InChI is InChI=1S/C7H14O3/c8-5-1-3-7(10)4-2-6-9/h8-9H,1-6H2. The van der Waals surface area contributed by atoms with E-state index in [4.69, 9.17) is 10.2 Å². The Kier molecular flexibility index (Phi) is 6.43. The molecule has 0 atom stereocenters. The maximum absolute atomic E-state index is 10.7. The second-order valence-electron chi connectivity index (χ2n) is 2.19. The Labute approximate surface area is 60.7 Å². The molecule has 0 aromatic heterocycles. The molecule has 0 aromatic rings. The summed E-state index contributed by atoms with van der Waals surface area (Å²) in [6.07, 6.45) is 1.97. The van der Waals surface area contributed by atoms with Crippen molar-refractivity contribution in [2.24, 2.45) is 0 Å². The zero-order chi connectivity index (χ0) is 7.82. The summed E-state index contributed by atoms with van der Waals surface area (Å²) < 4.78 is 0. The maximum Gasteiger partial charge on any atom is 0.133 e. The first kappa shape index (κ1) is 9.59. The molecular formula is C7H14O3. The lowest BCUT2D eigenvalue weighted by Gasteiger charge is -1.95. The largest absolute Gasteiger partial charge is 0.396 e. The molecule has 0 aliphatic carbocycles. The van der Waals surface area contributed by atoms with E-state index in [9.17, 15) is 4.79 Å². The molecule has 60 valence electrons. The number of aliphatic hydroxyl groups excluding tert-OH is 2. The third kappa shape index (κ3) is 5.72. The minimum Gasteiger partial charge on any atom is -0.396 e. The lowest BCUT2D eigenvalue weighted by atomic mass is 10.1. The molecule has 0 heterocycles. The first-order valence-corrected chi connectivity index (χ1v) is 3.54. The van der Waals surface area contributed by atoms with Gasteiger partial charge in [-0.05, 0) is 12.8 Å². The van der Waals surface area contributed by atoms with Gasteiger partial charge >= 0.3 is 0 Å². The number of aliphatic hydroxyl groups is 2. The van der Waals surface area contributed by atoms with Crippen LogP contribution < -0.4 is 0 Å². The fourth-order valence-corrected chi connectivity index (χ4v) is 0.677. The fraction of sp³-hybridized carbons (Fsp3) is 0.857. The zero-order valence-corrected chi connectivity index (χ0v) is 6.05. The van der Waals surface area contributed by atoms with Crippen molar-refractivity contribution in [3.8, 4) is 0 Å². The molecule has 0 unspecified atom stereocenters. The first-order valence-electron chi connectivity index (χ1n) is 3.54. The smallest absolute Gasteiger partial charge is 0.133 e. The van der Waals surface area contributed by atoms with Crippen LogP contribution in [-0.2, 0) is 4.79 Å². The number of hydrogen-bond acceptors (Lipinski definition) is 3. The van der Waals surface area contributed by atoms with Gasteiger partial charge in [0, 0.05) is 26.1 Å². The predicted octanol–water partition coefficient (Wildman–Crippen LogP) is 0.101. The van der Waals surface area contributed by atoms with Gasteiger partial charge in [-0.3, -0.25) is 4.79 Å². The molecule has 0 aliphatic rings. The minimum atomic E-state index is 0.0743. The van der Waals surface area contributed by atoms with Crippen molar-refractivity contribution in [1.82, 2.24) is 0 Å². The highest BCUT2D eigenvalue weighted by Gasteiger charge is 1.99. The Bertz CT molecular complexity index is 80.9. The minimum absolute atomic E-state index is 0.0743. The van der Waals surface area contributed by atoms with Crippen molar-refractivity contribution in [3.05, 3.63) is 0 Å². The molecule has 0 aromatic carbocycles. The van der Waals surface area contributed by atoms with E-state index in [1.165, 1.54) is 0 Å². The van der Waals surface area contributed by atoms with E-state index in [0.29, 0.717) is 25.7 Å². The van der Waals surface area contributed by atoms with Crippen LogP contribution in [-0.4, -0.2) is 29.2 Å². The van der Waals surface area contributed by atoms with Gasteiger partial charge in [-0.2, -0.15) is 0 Å². The molecule has 0 saturated heterocycles. The first-order chi connectivity index (χ1) is 4.81. The van der Waals surface area contributed by atoms with Crippen molar-refractivity contribution in [2.75, 3.05) is 13.2 Å². The zero-order valence-electron chi connectivity index (χ0n) is 6.05. The topological polar surface area (TPSA) is 57.5 Å². The third-order valence-corrected chi connectivity index (χ3v) is 1.23. The number of Topliss-reactive ketones (excluding diaryl/α,β-unsaturated/α-hetero) is 1. The van der Waals surface area contributed by atoms with Gasteiger partial charge in [0.15, 0.2) is 0 Å². The molecule has 0 aliphatic heterocycles. The summed E-state index contributed by atoms with van der Waals surface area (Å²) in [5.41, 5.74) is 0. The van der Waals surface area contributed by atoms with Gasteiger partial charge < -0.3 is 10.2 Å². The van der Waals surface area contributed by atoms with Crippen LogP contribution >= 0.6 is 0 Å². The highest BCUT2D eigenvalue weighted by molar-refractivity contribution is 5.78. The number of rotatable bonds is 6. The van der Waals surface area contributed by atoms with Gasteiger partial charge in [-0.1, -0.05) is 0 Å². The van der Waals surface area contributed by atoms with Crippen LogP contribution in [0.4, 0.5) is 0 Å². The molecule has 0 amide bonds. The van der Waals surface area contributed by atoms with Crippen molar-refractivity contribution in [2.45, 2.75) is 25.7 Å². The lowest BCUT2D eigenvalue weighted by Crippen LogP contribution is -2.00. The summed E-state index contributed by atoms with van der Waals surface area (Å²) in [6.45, 7) is 0.149. The van der Waals surface area contributed by atoms with Crippen molar-refractivity contribution < 1.29 is 15.0 Å². The normalized spacial score (nSPS) is 9.80. The van der Waals surface area contributed by atoms with Gasteiger partial charge in [0.05, 0.1) is 0 Å². The van der Waals surface area contributed by atoms with E-state index >= 15 is 0 Å². The molecule has 2 N–H and O–H groups in total. The Balaban J connectivity index is 3.09. The molecular weight excluding hydrogens is 132 g/mol. The van der Waals surface area contributed by atoms with E-state index in [2.05, 4.69) is 0 Å². The van der Waals surface area contributed by atoms with Gasteiger partial charge in [-0.25, -0.2) is 0 Å². The highest BCUT2D eigenvalue weighted by Crippen LogP contribution is 1.96. The lowest BCUT2D eigenvalue weighted by molar-refractivity contribution is -0.119. The Hall–Kier alpha value is -0.410. The summed E-state index contributed by atoms with van der Waals surface area (Å²) >= 11 is 0. The molecule has 0 spiro atoms. The Morgan fingerprint density at radius 3 is 1.70 bits per heavy atom. The fourth-order valence-electron chi connectivity index (χ4n) is 0.677. The Morgan fingerprint density at radius 1 is 1.00 bits per heavy atom. The van der Waals surface area contributed by atoms with Crippen molar-refractivity contribution in [3.63, 3.8) is 0 Å². The van der Waals surface area contributed by atoms with Crippen LogP contribution in [0.15, 0.2) is 0 Å². The van der Waals surface area contributed by atoms with Gasteiger partial charge in [-0.15, -0.1) is 0 Å². The third-order valence-electron chi connectivity index (χ3n) is 1.23. The second kappa shape index (κ2) is 6.71. The summed E-state index contributed by atoms with van der Waals surface area (Å²) in [5, 5.41) is 16.7. The Morgan fingerprint density at radius 2 is 1.40 bits per heavy atom. The van der Waals surface area contributed by atoms with E-state index in [1.807, 2.05) is 0 Å². The number of ketones is 1. The number of carbonyl (C=O) groups is 1. The highest BCUT2D eigenvalue weighted by atomic mass is 16.3. The van der Waals surface area contributed by atoms with E-state index in [-0.39, 0.29) is 19.0 Å². The van der Waals surface area contributed by atoms with Crippen LogP contribution in [0.1, 0.15) is 25.7 Å². The summed E-state index contributed by atoms with van der Waals surface area (Å²) in [4.78, 5) is 10.7. The molecule has 0 bridgehead atoms. The van der Waals surface area contributed by atoms with Crippen LogP contribution in [0.25, 0.3) is 0 Å². The van der Waals surface area contributed by atoms with E-state index < -0.39 is 0 Å². The van der Waals surface area contributed by atoms with Crippen LogP contribution in [0.3, 0.4) is 0 Å². The predicted molar refractivity (Wildman–Crippen MR) is 37.6 cm³/mol. The average Bonchev–Trinajstić information content (AvgIpc) is 1.97. The van der Waals surface area contributed by atoms with Crippen molar-refractivity contribution >= 4 is 5.78 Å². The van der Waals surface area contributed by atoms with Crippen molar-refractivity contribution in [1.29, 1.82) is 0 Å². The average molecular weight is 146 g/mol. The second-order valence-corrected chi connectivity index (χ2v) is 2.19. The molecule has 0 rings (SSSR count). The monoisotopic (exact) mass is 146 g/mol. The number of carbonyl (C=O) groups excluding carboxylic acids is 1. The SMILES string of the molecule is O=C(CCCO)CCCO. The van der Waals surface area contributed by atoms with Crippen LogP contribution in [0.2, 0.25) is 0 Å². The van der Waals surface area contributed by atoms with Gasteiger partial charge in [0.1, 0.15) is 5.78 Å². The van der Waals surface area contributed by atoms with E-state index in [1.54, 1.807) is 0 Å². The molecule has 3 heteroatoms.